The Balaban J connectivity index is 1.56. The normalized spacial score (nSPS) is 10.9. The van der Waals surface area contributed by atoms with Gasteiger partial charge in [0, 0.05) is 6.20 Å². The summed E-state index contributed by atoms with van der Waals surface area (Å²) in [4.78, 5) is 16.9. The van der Waals surface area contributed by atoms with E-state index in [0.717, 1.165) is 11.4 Å². The fraction of sp³-hybridized carbons (Fsp3) is 0.318. The molecule has 2 heterocycles. The lowest BCUT2D eigenvalue weighted by atomic mass is 10.0. The number of ether oxygens (including phenoxy) is 1. The highest BCUT2D eigenvalue weighted by Crippen LogP contribution is 2.18. The minimum Gasteiger partial charge on any atom is -0.492 e. The van der Waals surface area contributed by atoms with Crippen molar-refractivity contribution in [1.29, 1.82) is 0 Å². The van der Waals surface area contributed by atoms with Gasteiger partial charge in [-0.2, -0.15) is 5.10 Å². The smallest absolute Gasteiger partial charge is 0.254 e. The molecular formula is C22H26N4O2. The number of hydrogen-bond acceptors (Lipinski definition) is 4. The van der Waals surface area contributed by atoms with E-state index in [-0.39, 0.29) is 5.91 Å². The van der Waals surface area contributed by atoms with Crippen LogP contribution >= 0.6 is 0 Å². The molecule has 28 heavy (non-hydrogen) atoms. The molecule has 0 saturated carbocycles. The van der Waals surface area contributed by atoms with Crippen molar-refractivity contribution < 1.29 is 9.53 Å². The SMILES string of the molecule is CCc1c(C(=O)NCCOc2ccc(C(C)C)cc2)cnn1-c1ccccn1. The Hall–Kier alpha value is -3.15. The zero-order valence-electron chi connectivity index (χ0n) is 16.6. The topological polar surface area (TPSA) is 69.0 Å². The number of carbonyl (C=O) groups excluding carboxylic acids is 1. The molecule has 6 nitrogen and oxygen atoms in total. The number of aromatic nitrogens is 3. The summed E-state index contributed by atoms with van der Waals surface area (Å²) in [7, 11) is 0. The number of rotatable bonds is 8. The fourth-order valence-electron chi connectivity index (χ4n) is 2.96. The van der Waals surface area contributed by atoms with Crippen molar-refractivity contribution in [3.63, 3.8) is 0 Å². The van der Waals surface area contributed by atoms with Gasteiger partial charge in [0.05, 0.1) is 24.0 Å². The molecule has 1 amide bonds. The summed E-state index contributed by atoms with van der Waals surface area (Å²) in [5.41, 5.74) is 2.67. The highest BCUT2D eigenvalue weighted by atomic mass is 16.5. The lowest BCUT2D eigenvalue weighted by molar-refractivity contribution is 0.0946. The first kappa shape index (κ1) is 19.6. The summed E-state index contributed by atoms with van der Waals surface area (Å²) >= 11 is 0. The summed E-state index contributed by atoms with van der Waals surface area (Å²) in [5.74, 6) is 1.84. The van der Waals surface area contributed by atoms with E-state index in [4.69, 9.17) is 4.74 Å². The van der Waals surface area contributed by atoms with Crippen LogP contribution in [0.15, 0.2) is 54.9 Å². The molecule has 0 unspecified atom stereocenters. The van der Waals surface area contributed by atoms with Crippen LogP contribution in [0, 0.1) is 0 Å². The van der Waals surface area contributed by atoms with Crippen LogP contribution < -0.4 is 10.1 Å². The summed E-state index contributed by atoms with van der Waals surface area (Å²) in [5, 5.41) is 7.24. The molecular weight excluding hydrogens is 352 g/mol. The highest BCUT2D eigenvalue weighted by molar-refractivity contribution is 5.95. The molecule has 0 fully saturated rings. The van der Waals surface area contributed by atoms with E-state index >= 15 is 0 Å². The van der Waals surface area contributed by atoms with Crippen LogP contribution in [-0.2, 0) is 6.42 Å². The second kappa shape index (κ2) is 9.17. The standard InChI is InChI=1S/C22H26N4O2/c1-4-20-19(15-25-26(20)21-7-5-6-12-23-21)22(27)24-13-14-28-18-10-8-17(9-11-18)16(2)3/h5-12,15-16H,4,13-14H2,1-3H3,(H,24,27). The second-order valence-electron chi connectivity index (χ2n) is 6.79. The van der Waals surface area contributed by atoms with Crippen molar-refractivity contribution in [2.45, 2.75) is 33.1 Å². The summed E-state index contributed by atoms with van der Waals surface area (Å²) in [6.07, 6.45) is 3.98. The molecule has 0 saturated heterocycles. The number of pyridine rings is 1. The molecule has 146 valence electrons. The number of hydrogen-bond donors (Lipinski definition) is 1. The lowest BCUT2D eigenvalue weighted by Gasteiger charge is -2.10. The molecule has 0 spiro atoms. The van der Waals surface area contributed by atoms with Crippen molar-refractivity contribution in [3.8, 4) is 11.6 Å². The van der Waals surface area contributed by atoms with Crippen LogP contribution in [0.3, 0.4) is 0 Å². The van der Waals surface area contributed by atoms with Gasteiger partial charge in [0.25, 0.3) is 5.91 Å². The van der Waals surface area contributed by atoms with Gasteiger partial charge < -0.3 is 10.1 Å². The van der Waals surface area contributed by atoms with Crippen LogP contribution in [0.25, 0.3) is 5.82 Å². The van der Waals surface area contributed by atoms with Crippen molar-refractivity contribution in [1.82, 2.24) is 20.1 Å². The van der Waals surface area contributed by atoms with E-state index in [1.807, 2.05) is 37.3 Å². The van der Waals surface area contributed by atoms with Gasteiger partial charge in [-0.25, -0.2) is 9.67 Å². The second-order valence-corrected chi connectivity index (χ2v) is 6.79. The third-order valence-electron chi connectivity index (χ3n) is 4.52. The molecule has 1 aromatic carbocycles. The predicted octanol–water partition coefficient (Wildman–Crippen LogP) is 3.76. The van der Waals surface area contributed by atoms with Crippen molar-refractivity contribution in [2.24, 2.45) is 0 Å². The van der Waals surface area contributed by atoms with Crippen LogP contribution in [0.4, 0.5) is 0 Å². The third-order valence-corrected chi connectivity index (χ3v) is 4.52. The zero-order chi connectivity index (χ0) is 19.9. The van der Waals surface area contributed by atoms with Gasteiger partial charge in [-0.1, -0.05) is 39.0 Å². The maximum absolute atomic E-state index is 12.6. The first-order chi connectivity index (χ1) is 13.6. The number of amides is 1. The number of nitrogens with zero attached hydrogens (tertiary/aromatic N) is 3. The Kier molecular flexibility index (Phi) is 6.42. The lowest BCUT2D eigenvalue weighted by Crippen LogP contribution is -2.28. The van der Waals surface area contributed by atoms with E-state index in [9.17, 15) is 4.79 Å². The molecule has 0 aliphatic rings. The van der Waals surface area contributed by atoms with Gasteiger partial charge in [-0.3, -0.25) is 4.79 Å². The Morgan fingerprint density at radius 3 is 2.61 bits per heavy atom. The molecule has 2 aromatic heterocycles. The molecule has 3 aromatic rings. The number of nitrogens with one attached hydrogen (secondary N) is 1. The molecule has 0 bridgehead atoms. The minimum atomic E-state index is -0.155. The van der Waals surface area contributed by atoms with Crippen LogP contribution in [-0.4, -0.2) is 33.8 Å². The summed E-state index contributed by atoms with van der Waals surface area (Å²) in [6, 6.07) is 13.7. The van der Waals surface area contributed by atoms with E-state index < -0.39 is 0 Å². The average molecular weight is 378 g/mol. The Labute approximate surface area is 165 Å². The maximum Gasteiger partial charge on any atom is 0.254 e. The molecule has 6 heteroatoms. The van der Waals surface area contributed by atoms with Gasteiger partial charge in [0.1, 0.15) is 12.4 Å². The quantitative estimate of drug-likeness (QED) is 0.606. The van der Waals surface area contributed by atoms with Gasteiger partial charge in [-0.15, -0.1) is 0 Å². The summed E-state index contributed by atoms with van der Waals surface area (Å²) < 4.78 is 7.42. The average Bonchev–Trinajstić information content (AvgIpc) is 3.16. The first-order valence-corrected chi connectivity index (χ1v) is 9.59. The Morgan fingerprint density at radius 2 is 1.96 bits per heavy atom. The zero-order valence-corrected chi connectivity index (χ0v) is 16.6. The van der Waals surface area contributed by atoms with Gasteiger partial charge in [0.15, 0.2) is 5.82 Å². The van der Waals surface area contributed by atoms with Gasteiger partial charge >= 0.3 is 0 Å². The van der Waals surface area contributed by atoms with Crippen molar-refractivity contribution in [2.75, 3.05) is 13.2 Å². The first-order valence-electron chi connectivity index (χ1n) is 9.59. The van der Waals surface area contributed by atoms with E-state index in [2.05, 4.69) is 41.4 Å². The third kappa shape index (κ3) is 4.57. The Bertz CT molecular complexity index is 902. The fourth-order valence-corrected chi connectivity index (χ4v) is 2.96. The molecule has 0 radical (unpaired) electrons. The van der Waals surface area contributed by atoms with E-state index in [1.54, 1.807) is 17.1 Å². The number of benzene rings is 1. The van der Waals surface area contributed by atoms with Gasteiger partial charge in [0.2, 0.25) is 0 Å². The highest BCUT2D eigenvalue weighted by Gasteiger charge is 2.17. The maximum atomic E-state index is 12.6. The van der Waals surface area contributed by atoms with Crippen molar-refractivity contribution in [3.05, 3.63) is 71.7 Å². The van der Waals surface area contributed by atoms with E-state index in [1.165, 1.54) is 5.56 Å². The predicted molar refractivity (Wildman–Crippen MR) is 109 cm³/mol. The van der Waals surface area contributed by atoms with Crippen LogP contribution in [0.5, 0.6) is 5.75 Å². The molecule has 0 aliphatic carbocycles. The molecule has 3 rings (SSSR count). The Morgan fingerprint density at radius 1 is 1.18 bits per heavy atom. The van der Waals surface area contributed by atoms with Gasteiger partial charge in [-0.05, 0) is 42.2 Å². The molecule has 0 atom stereocenters. The van der Waals surface area contributed by atoms with Crippen molar-refractivity contribution >= 4 is 5.91 Å². The largest absolute Gasteiger partial charge is 0.492 e. The van der Waals surface area contributed by atoms with Crippen LogP contribution in [0.1, 0.15) is 48.3 Å². The monoisotopic (exact) mass is 378 g/mol. The van der Waals surface area contributed by atoms with Crippen LogP contribution in [0.2, 0.25) is 0 Å². The summed E-state index contributed by atoms with van der Waals surface area (Å²) in [6.45, 7) is 7.14. The molecule has 0 aliphatic heterocycles. The molecule has 1 N–H and O–H groups in total. The van der Waals surface area contributed by atoms with E-state index in [0.29, 0.717) is 36.9 Å². The number of carbonyl (C=O) groups is 1. The minimum absolute atomic E-state index is 0.155.